The van der Waals surface area contributed by atoms with E-state index >= 15 is 0 Å². The van der Waals surface area contributed by atoms with Crippen LogP contribution < -0.4 is 10.1 Å². The van der Waals surface area contributed by atoms with Gasteiger partial charge in [-0.05, 0) is 56.5 Å². The highest BCUT2D eigenvalue weighted by atomic mass is 16.5. The van der Waals surface area contributed by atoms with Gasteiger partial charge in [-0.15, -0.1) is 0 Å². The SMILES string of the molecule is COc1ccc(-n2c(C)c(C)c(C#N)c2NC(=O)CN2CCN(C(=O)C3CC3)CC2)cc1. The van der Waals surface area contributed by atoms with E-state index in [0.717, 1.165) is 35.5 Å². The normalized spacial score (nSPS) is 16.5. The predicted molar refractivity (Wildman–Crippen MR) is 121 cm³/mol. The summed E-state index contributed by atoms with van der Waals surface area (Å²) in [5.74, 6) is 1.54. The Morgan fingerprint density at radius 2 is 1.78 bits per heavy atom. The molecule has 1 aromatic carbocycles. The number of amides is 2. The predicted octanol–water partition coefficient (Wildman–Crippen LogP) is 2.47. The summed E-state index contributed by atoms with van der Waals surface area (Å²) in [6, 6.07) is 9.75. The Hall–Kier alpha value is -3.31. The van der Waals surface area contributed by atoms with Crippen molar-refractivity contribution in [3.8, 4) is 17.5 Å². The first-order valence-corrected chi connectivity index (χ1v) is 11.0. The molecule has 0 unspecified atom stereocenters. The van der Waals surface area contributed by atoms with E-state index in [2.05, 4.69) is 16.3 Å². The molecule has 1 saturated carbocycles. The monoisotopic (exact) mass is 435 g/mol. The van der Waals surface area contributed by atoms with Gasteiger partial charge in [0, 0.05) is 43.5 Å². The lowest BCUT2D eigenvalue weighted by atomic mass is 10.2. The van der Waals surface area contributed by atoms with E-state index in [1.54, 1.807) is 7.11 Å². The van der Waals surface area contributed by atoms with E-state index in [1.807, 2.05) is 47.6 Å². The van der Waals surface area contributed by atoms with E-state index in [9.17, 15) is 14.9 Å². The van der Waals surface area contributed by atoms with Crippen LogP contribution in [0.15, 0.2) is 24.3 Å². The summed E-state index contributed by atoms with van der Waals surface area (Å²) < 4.78 is 7.14. The first-order valence-electron chi connectivity index (χ1n) is 11.0. The second-order valence-electron chi connectivity index (χ2n) is 8.50. The Morgan fingerprint density at radius 1 is 1.12 bits per heavy atom. The first-order chi connectivity index (χ1) is 15.4. The molecule has 0 atom stereocenters. The third-order valence-electron chi connectivity index (χ3n) is 6.39. The molecule has 1 saturated heterocycles. The van der Waals surface area contributed by atoms with Crippen LogP contribution in [0, 0.1) is 31.1 Å². The molecular formula is C24H29N5O3. The van der Waals surface area contributed by atoms with Crippen molar-refractivity contribution in [1.82, 2.24) is 14.4 Å². The molecule has 2 aliphatic rings. The number of hydrogen-bond donors (Lipinski definition) is 1. The van der Waals surface area contributed by atoms with Crippen molar-refractivity contribution < 1.29 is 14.3 Å². The number of nitriles is 1. The van der Waals surface area contributed by atoms with Gasteiger partial charge in [-0.25, -0.2) is 0 Å². The van der Waals surface area contributed by atoms with Gasteiger partial charge in [0.1, 0.15) is 17.6 Å². The zero-order chi connectivity index (χ0) is 22.8. The van der Waals surface area contributed by atoms with Crippen molar-refractivity contribution in [3.05, 3.63) is 41.1 Å². The number of carbonyl (C=O) groups excluding carboxylic acids is 2. The molecule has 168 valence electrons. The van der Waals surface area contributed by atoms with Gasteiger partial charge in [0.05, 0.1) is 19.2 Å². The molecular weight excluding hydrogens is 406 g/mol. The van der Waals surface area contributed by atoms with E-state index in [0.29, 0.717) is 37.6 Å². The third kappa shape index (κ3) is 4.34. The Balaban J connectivity index is 1.47. The summed E-state index contributed by atoms with van der Waals surface area (Å²) in [6.07, 6.45) is 2.02. The Labute approximate surface area is 188 Å². The average molecular weight is 436 g/mol. The topological polar surface area (TPSA) is 90.6 Å². The van der Waals surface area contributed by atoms with Crippen molar-refractivity contribution in [3.63, 3.8) is 0 Å². The van der Waals surface area contributed by atoms with Crippen LogP contribution >= 0.6 is 0 Å². The summed E-state index contributed by atoms with van der Waals surface area (Å²) >= 11 is 0. The van der Waals surface area contributed by atoms with Gasteiger partial charge >= 0.3 is 0 Å². The molecule has 8 nitrogen and oxygen atoms in total. The summed E-state index contributed by atoms with van der Waals surface area (Å²) in [7, 11) is 1.61. The number of anilines is 1. The highest BCUT2D eigenvalue weighted by Crippen LogP contribution is 2.32. The van der Waals surface area contributed by atoms with Crippen LogP contribution in [0.3, 0.4) is 0 Å². The fraction of sp³-hybridized carbons (Fsp3) is 0.458. The van der Waals surface area contributed by atoms with Crippen molar-refractivity contribution in [2.75, 3.05) is 45.2 Å². The lowest BCUT2D eigenvalue weighted by Gasteiger charge is -2.34. The van der Waals surface area contributed by atoms with Crippen LogP contribution in [0.2, 0.25) is 0 Å². The van der Waals surface area contributed by atoms with E-state index in [4.69, 9.17) is 4.74 Å². The van der Waals surface area contributed by atoms with Crippen LogP contribution in [0.5, 0.6) is 5.75 Å². The van der Waals surface area contributed by atoms with Gasteiger partial charge in [-0.3, -0.25) is 19.1 Å². The molecule has 0 radical (unpaired) electrons. The van der Waals surface area contributed by atoms with E-state index < -0.39 is 0 Å². The standard InChI is InChI=1S/C24H29N5O3/c1-16-17(2)29(19-6-8-20(32-3)9-7-19)23(21(16)14-25)26-22(30)15-27-10-12-28(13-11-27)24(31)18-4-5-18/h6-9,18H,4-5,10-13,15H2,1-3H3,(H,26,30). The summed E-state index contributed by atoms with van der Waals surface area (Å²) in [5.41, 5.74) is 3.04. The first kappa shape index (κ1) is 21.9. The Morgan fingerprint density at radius 3 is 2.34 bits per heavy atom. The smallest absolute Gasteiger partial charge is 0.239 e. The minimum atomic E-state index is -0.171. The lowest BCUT2D eigenvalue weighted by molar-refractivity contribution is -0.134. The van der Waals surface area contributed by atoms with Crippen molar-refractivity contribution in [2.45, 2.75) is 26.7 Å². The van der Waals surface area contributed by atoms with E-state index in [1.165, 1.54) is 0 Å². The minimum absolute atomic E-state index is 0.171. The molecule has 1 aliphatic carbocycles. The molecule has 4 rings (SSSR count). The number of nitrogens with zero attached hydrogens (tertiary/aromatic N) is 4. The molecule has 2 heterocycles. The lowest BCUT2D eigenvalue weighted by Crippen LogP contribution is -2.50. The van der Waals surface area contributed by atoms with Gasteiger partial charge in [0.25, 0.3) is 0 Å². The number of aromatic nitrogens is 1. The summed E-state index contributed by atoms with van der Waals surface area (Å²) in [6.45, 7) is 6.72. The molecule has 32 heavy (non-hydrogen) atoms. The van der Waals surface area contributed by atoms with Crippen LogP contribution in [0.4, 0.5) is 5.82 Å². The molecule has 1 N–H and O–H groups in total. The Bertz CT molecular complexity index is 1050. The molecule has 2 aromatic rings. The number of methoxy groups -OCH3 is 1. The quantitative estimate of drug-likeness (QED) is 0.753. The van der Waals surface area contributed by atoms with Gasteiger partial charge < -0.3 is 15.0 Å². The number of ether oxygens (including phenoxy) is 1. The highest BCUT2D eigenvalue weighted by Gasteiger charge is 2.34. The second-order valence-corrected chi connectivity index (χ2v) is 8.50. The maximum Gasteiger partial charge on any atom is 0.239 e. The van der Waals surface area contributed by atoms with E-state index in [-0.39, 0.29) is 24.3 Å². The minimum Gasteiger partial charge on any atom is -0.497 e. The van der Waals surface area contributed by atoms with Gasteiger partial charge in [-0.2, -0.15) is 5.26 Å². The maximum absolute atomic E-state index is 12.9. The third-order valence-corrected chi connectivity index (χ3v) is 6.39. The number of piperazine rings is 1. The van der Waals surface area contributed by atoms with Gasteiger partial charge in [-0.1, -0.05) is 0 Å². The summed E-state index contributed by atoms with van der Waals surface area (Å²) in [4.78, 5) is 29.1. The molecule has 1 aliphatic heterocycles. The van der Waals surface area contributed by atoms with Gasteiger partial charge in [0.2, 0.25) is 11.8 Å². The van der Waals surface area contributed by atoms with Crippen LogP contribution in [-0.2, 0) is 9.59 Å². The molecule has 0 spiro atoms. The number of carbonyl (C=O) groups is 2. The fourth-order valence-corrected chi connectivity index (χ4v) is 4.20. The summed E-state index contributed by atoms with van der Waals surface area (Å²) in [5, 5.41) is 12.7. The van der Waals surface area contributed by atoms with Crippen molar-refractivity contribution >= 4 is 17.6 Å². The molecule has 2 fully saturated rings. The largest absolute Gasteiger partial charge is 0.497 e. The zero-order valence-electron chi connectivity index (χ0n) is 18.9. The average Bonchev–Trinajstić information content (AvgIpc) is 3.62. The zero-order valence-corrected chi connectivity index (χ0v) is 18.9. The number of rotatable bonds is 6. The maximum atomic E-state index is 12.9. The van der Waals surface area contributed by atoms with Crippen LogP contribution in [-0.4, -0.2) is 66.0 Å². The second kappa shape index (κ2) is 9.05. The number of nitrogens with one attached hydrogen (secondary N) is 1. The molecule has 1 aromatic heterocycles. The Kier molecular flexibility index (Phi) is 6.19. The highest BCUT2D eigenvalue weighted by molar-refractivity contribution is 5.93. The molecule has 8 heteroatoms. The molecule has 0 bridgehead atoms. The van der Waals surface area contributed by atoms with Crippen LogP contribution in [0.1, 0.15) is 29.7 Å². The van der Waals surface area contributed by atoms with Crippen molar-refractivity contribution in [1.29, 1.82) is 5.26 Å². The molecule has 2 amide bonds. The van der Waals surface area contributed by atoms with Crippen molar-refractivity contribution in [2.24, 2.45) is 5.92 Å². The van der Waals surface area contributed by atoms with Gasteiger partial charge in [0.15, 0.2) is 0 Å². The number of hydrogen-bond acceptors (Lipinski definition) is 5. The number of benzene rings is 1. The fourth-order valence-electron chi connectivity index (χ4n) is 4.20. The van der Waals surface area contributed by atoms with Crippen LogP contribution in [0.25, 0.3) is 5.69 Å².